The molecule has 0 unspecified atom stereocenters. The van der Waals surface area contributed by atoms with E-state index in [1.165, 1.54) is 18.7 Å². The Balaban J connectivity index is 1.57. The second-order valence-electron chi connectivity index (χ2n) is 10.1. The molecule has 37 heavy (non-hydrogen) atoms. The number of aromatic amines is 1. The van der Waals surface area contributed by atoms with Crippen molar-refractivity contribution in [1.29, 1.82) is 0 Å². The number of nitrogens with zero attached hydrogens (tertiary/aromatic N) is 1. The van der Waals surface area contributed by atoms with Crippen LogP contribution in [0.3, 0.4) is 0 Å². The maximum Gasteiger partial charge on any atom is 0.243 e. The van der Waals surface area contributed by atoms with Crippen molar-refractivity contribution in [1.82, 2.24) is 20.5 Å². The van der Waals surface area contributed by atoms with Gasteiger partial charge in [0.2, 0.25) is 23.6 Å². The minimum absolute atomic E-state index is 0.0770. The van der Waals surface area contributed by atoms with E-state index in [0.29, 0.717) is 6.42 Å². The number of para-hydroxylation sites is 1. The molecule has 0 bridgehead atoms. The molecule has 200 valence electrons. The number of likely N-dealkylation sites (tertiary alicyclic amines) is 1. The number of aliphatic hydroxyl groups is 2. The summed E-state index contributed by atoms with van der Waals surface area (Å²) in [4.78, 5) is 56.0. The van der Waals surface area contributed by atoms with Crippen molar-refractivity contribution in [2.45, 2.75) is 75.5 Å². The fourth-order valence-corrected chi connectivity index (χ4v) is 5.07. The van der Waals surface area contributed by atoms with Gasteiger partial charge in [0.15, 0.2) is 0 Å². The highest BCUT2D eigenvalue weighted by molar-refractivity contribution is 5.96. The van der Waals surface area contributed by atoms with E-state index in [-0.39, 0.29) is 18.4 Å². The Hall–Kier alpha value is -3.48. The third-order valence-corrected chi connectivity index (χ3v) is 7.28. The van der Waals surface area contributed by atoms with E-state index in [9.17, 15) is 29.4 Å². The van der Waals surface area contributed by atoms with E-state index < -0.39 is 60.0 Å². The first-order valence-corrected chi connectivity index (χ1v) is 12.4. The fraction of sp³-hybridized carbons (Fsp3) is 0.520. The molecule has 8 atom stereocenters. The normalized spacial score (nSPS) is 24.5. The van der Waals surface area contributed by atoms with Gasteiger partial charge in [-0.2, -0.15) is 0 Å². The van der Waals surface area contributed by atoms with Gasteiger partial charge in [0.05, 0.1) is 12.2 Å². The molecule has 1 saturated heterocycles. The molecule has 9 N–H and O–H groups in total. The van der Waals surface area contributed by atoms with Gasteiger partial charge in [-0.15, -0.1) is 0 Å². The first-order valence-electron chi connectivity index (χ1n) is 12.4. The van der Waals surface area contributed by atoms with Gasteiger partial charge < -0.3 is 42.2 Å². The number of primary amides is 1. The Kier molecular flexibility index (Phi) is 7.53. The van der Waals surface area contributed by atoms with Crippen LogP contribution in [0.15, 0.2) is 30.5 Å². The van der Waals surface area contributed by atoms with Gasteiger partial charge >= 0.3 is 0 Å². The van der Waals surface area contributed by atoms with Gasteiger partial charge in [0.25, 0.3) is 0 Å². The number of hydrogen-bond donors (Lipinski definition) is 7. The summed E-state index contributed by atoms with van der Waals surface area (Å²) in [5.74, 6) is -2.51. The summed E-state index contributed by atoms with van der Waals surface area (Å²) in [6, 6.07) is 2.86. The van der Waals surface area contributed by atoms with Crippen LogP contribution in [0.4, 0.5) is 0 Å². The Labute approximate surface area is 213 Å². The highest BCUT2D eigenvalue weighted by Gasteiger charge is 2.57. The Bertz CT molecular complexity index is 1200. The van der Waals surface area contributed by atoms with Crippen molar-refractivity contribution in [3.63, 3.8) is 0 Å². The molecule has 0 radical (unpaired) electrons. The highest BCUT2D eigenvalue weighted by atomic mass is 16.3. The van der Waals surface area contributed by atoms with Crippen LogP contribution >= 0.6 is 0 Å². The highest BCUT2D eigenvalue weighted by Crippen LogP contribution is 2.48. The number of nitrogens with two attached hydrogens (primary N) is 2. The van der Waals surface area contributed by atoms with E-state index >= 15 is 0 Å². The molecule has 1 aromatic carbocycles. The van der Waals surface area contributed by atoms with E-state index in [1.54, 1.807) is 6.20 Å². The number of fused-ring (bicyclic) bond motifs is 2. The lowest BCUT2D eigenvalue weighted by Gasteiger charge is -2.31. The van der Waals surface area contributed by atoms with Crippen LogP contribution in [0.2, 0.25) is 0 Å². The first kappa shape index (κ1) is 26.6. The predicted octanol–water partition coefficient (Wildman–Crippen LogP) is -1.76. The summed E-state index contributed by atoms with van der Waals surface area (Å²) in [6.07, 6.45) is 0.667. The average Bonchev–Trinajstić information content (AvgIpc) is 3.33. The number of carbonyl (C=O) groups is 4. The lowest BCUT2D eigenvalue weighted by molar-refractivity contribution is -0.143. The smallest absolute Gasteiger partial charge is 0.243 e. The summed E-state index contributed by atoms with van der Waals surface area (Å²) in [7, 11) is 0. The van der Waals surface area contributed by atoms with Crippen LogP contribution < -0.4 is 22.1 Å². The molecular weight excluding hydrogens is 480 g/mol. The van der Waals surface area contributed by atoms with Crippen LogP contribution in [0, 0.1) is 5.92 Å². The summed E-state index contributed by atoms with van der Waals surface area (Å²) in [6.45, 7) is 2.74. The van der Waals surface area contributed by atoms with E-state index in [1.807, 2.05) is 24.3 Å². The van der Waals surface area contributed by atoms with Crippen molar-refractivity contribution in [3.05, 3.63) is 36.0 Å². The number of rotatable bonds is 10. The van der Waals surface area contributed by atoms with Crippen LogP contribution in [-0.4, -0.2) is 86.1 Å². The second-order valence-corrected chi connectivity index (χ2v) is 10.1. The van der Waals surface area contributed by atoms with Crippen LogP contribution in [-0.2, 0) is 25.6 Å². The quantitative estimate of drug-likeness (QED) is 0.194. The number of amides is 4. The van der Waals surface area contributed by atoms with Crippen molar-refractivity contribution in [2.75, 3.05) is 0 Å². The topological polar surface area (TPSA) is 204 Å². The van der Waals surface area contributed by atoms with Crippen molar-refractivity contribution < 1.29 is 29.4 Å². The largest absolute Gasteiger partial charge is 0.391 e. The molecule has 2 aliphatic rings. The lowest BCUT2D eigenvalue weighted by Crippen LogP contribution is -2.60. The number of aliphatic hydroxyl groups excluding tert-OH is 2. The molecule has 2 aromatic rings. The molecular formula is C25H34N6O6. The first-order chi connectivity index (χ1) is 17.5. The zero-order chi connectivity index (χ0) is 27.0. The Morgan fingerprint density at radius 3 is 2.46 bits per heavy atom. The number of aromatic nitrogens is 1. The Morgan fingerprint density at radius 1 is 1.11 bits per heavy atom. The standard InChI is InChI=1S/C25H34N6O6/c1-11(32)20(26)25(37)31-18-8-13(18)9-19(31)24(36)29-17(23(35)30-21(12(2)33)22(27)34)7-14-10-28-16-6-4-3-5-15(14)16/h3-6,10-13,17-21,28,32-33H,7-9,26H2,1-2H3,(H2,27,34)(H,29,36)(H,30,35)/t11-,12-,13+,17+,18+,19+,20+,21+/m1/s1. The third kappa shape index (κ3) is 5.45. The average molecular weight is 515 g/mol. The fourth-order valence-electron chi connectivity index (χ4n) is 5.07. The maximum atomic E-state index is 13.4. The number of benzene rings is 1. The molecule has 4 amide bonds. The minimum atomic E-state index is -1.35. The molecule has 1 saturated carbocycles. The van der Waals surface area contributed by atoms with Gasteiger partial charge in [-0.1, -0.05) is 18.2 Å². The van der Waals surface area contributed by atoms with Gasteiger partial charge in [-0.05, 0) is 44.2 Å². The van der Waals surface area contributed by atoms with Crippen LogP contribution in [0.5, 0.6) is 0 Å². The predicted molar refractivity (Wildman–Crippen MR) is 134 cm³/mol. The Morgan fingerprint density at radius 2 is 1.81 bits per heavy atom. The maximum absolute atomic E-state index is 13.4. The number of nitrogens with one attached hydrogen (secondary N) is 3. The number of piperidine rings is 1. The SMILES string of the molecule is C[C@@H](O)[C@H](N)C(=O)N1[C@H](C(=O)N[C@@H](Cc2c[nH]c3ccccc23)C(=O)N[C@H](C(N)=O)[C@@H](C)O)C[C@@H]2C[C@@H]21. The molecule has 12 heteroatoms. The summed E-state index contributed by atoms with van der Waals surface area (Å²) < 4.78 is 0. The molecule has 1 aliphatic heterocycles. The van der Waals surface area contributed by atoms with Gasteiger partial charge in [-0.25, -0.2) is 0 Å². The van der Waals surface area contributed by atoms with Gasteiger partial charge in [0.1, 0.15) is 24.2 Å². The van der Waals surface area contributed by atoms with Crippen molar-refractivity contribution >= 4 is 34.5 Å². The summed E-state index contributed by atoms with van der Waals surface area (Å²) in [5.41, 5.74) is 12.8. The van der Waals surface area contributed by atoms with E-state index in [2.05, 4.69) is 15.6 Å². The van der Waals surface area contributed by atoms with E-state index in [4.69, 9.17) is 11.5 Å². The monoisotopic (exact) mass is 514 g/mol. The lowest BCUT2D eigenvalue weighted by atomic mass is 10.0. The molecule has 2 heterocycles. The second kappa shape index (κ2) is 10.5. The third-order valence-electron chi connectivity index (χ3n) is 7.28. The zero-order valence-corrected chi connectivity index (χ0v) is 20.8. The molecule has 4 rings (SSSR count). The number of H-pyrrole nitrogens is 1. The molecule has 12 nitrogen and oxygen atoms in total. The van der Waals surface area contributed by atoms with Crippen molar-refractivity contribution in [2.24, 2.45) is 17.4 Å². The number of hydrogen-bond acceptors (Lipinski definition) is 7. The van der Waals surface area contributed by atoms with Crippen molar-refractivity contribution in [3.8, 4) is 0 Å². The molecule has 2 fully saturated rings. The van der Waals surface area contributed by atoms with Gasteiger partial charge in [0, 0.05) is 29.6 Å². The zero-order valence-electron chi connectivity index (χ0n) is 20.8. The van der Waals surface area contributed by atoms with E-state index in [0.717, 1.165) is 22.9 Å². The molecule has 1 aliphatic carbocycles. The molecule has 0 spiro atoms. The van der Waals surface area contributed by atoms with Gasteiger partial charge in [-0.3, -0.25) is 19.2 Å². The minimum Gasteiger partial charge on any atom is -0.391 e. The number of carbonyl (C=O) groups excluding carboxylic acids is 4. The molecule has 1 aromatic heterocycles. The van der Waals surface area contributed by atoms with Crippen LogP contribution in [0.25, 0.3) is 10.9 Å². The summed E-state index contributed by atoms with van der Waals surface area (Å²) in [5, 5.41) is 25.8. The van der Waals surface area contributed by atoms with Crippen LogP contribution in [0.1, 0.15) is 32.3 Å². The summed E-state index contributed by atoms with van der Waals surface area (Å²) >= 11 is 0.